The molecule has 8 heteroatoms. The molecule has 1 aromatic heterocycles. The van der Waals surface area contributed by atoms with Crippen LogP contribution in [-0.2, 0) is 9.53 Å². The van der Waals surface area contributed by atoms with Crippen LogP contribution in [0, 0.1) is 6.92 Å². The summed E-state index contributed by atoms with van der Waals surface area (Å²) < 4.78 is 5.18. The van der Waals surface area contributed by atoms with Gasteiger partial charge in [0.15, 0.2) is 5.82 Å². The van der Waals surface area contributed by atoms with Crippen molar-refractivity contribution < 1.29 is 14.3 Å². The summed E-state index contributed by atoms with van der Waals surface area (Å²) in [6.07, 6.45) is 0.951. The van der Waals surface area contributed by atoms with E-state index in [1.165, 1.54) is 4.90 Å². The van der Waals surface area contributed by atoms with Crippen molar-refractivity contribution in [3.63, 3.8) is 0 Å². The standard InChI is InChI=1S/C14H21N5O3/c1-8-15-7-10-11(17-8)16-6-9(12(20)19(10)5)18-13(21)22-14(2,3)4/h7,9H,6H2,1-5H3,(H,18,21)(H,15,16,17)/t9-/m0/s1. The summed E-state index contributed by atoms with van der Waals surface area (Å²) in [5.41, 5.74) is -0.0490. The molecule has 1 aliphatic heterocycles. The first kappa shape index (κ1) is 16.0. The van der Waals surface area contributed by atoms with Crippen molar-refractivity contribution in [1.82, 2.24) is 15.3 Å². The summed E-state index contributed by atoms with van der Waals surface area (Å²) in [7, 11) is 1.62. The van der Waals surface area contributed by atoms with Crippen molar-refractivity contribution in [2.24, 2.45) is 0 Å². The Morgan fingerprint density at radius 3 is 2.82 bits per heavy atom. The lowest BCUT2D eigenvalue weighted by Crippen LogP contribution is -2.50. The number of alkyl carbamates (subject to hydrolysis) is 1. The number of anilines is 2. The van der Waals surface area contributed by atoms with Gasteiger partial charge in [0.05, 0.1) is 6.20 Å². The molecular formula is C14H21N5O3. The quantitative estimate of drug-likeness (QED) is 0.805. The molecule has 0 saturated heterocycles. The Morgan fingerprint density at radius 1 is 1.50 bits per heavy atom. The maximum absolute atomic E-state index is 12.5. The molecule has 1 atom stereocenters. The summed E-state index contributed by atoms with van der Waals surface area (Å²) in [4.78, 5) is 34.1. The van der Waals surface area contributed by atoms with Gasteiger partial charge in [-0.15, -0.1) is 0 Å². The molecule has 8 nitrogen and oxygen atoms in total. The predicted octanol–water partition coefficient (Wildman–Crippen LogP) is 1.07. The third-order valence-corrected chi connectivity index (χ3v) is 3.04. The number of hydrogen-bond donors (Lipinski definition) is 2. The van der Waals surface area contributed by atoms with Crippen LogP contribution in [0.5, 0.6) is 0 Å². The van der Waals surface area contributed by atoms with Crippen LogP contribution < -0.4 is 15.5 Å². The number of aryl methyl sites for hydroxylation is 1. The molecule has 0 aromatic carbocycles. The number of aromatic nitrogens is 2. The zero-order valence-corrected chi connectivity index (χ0v) is 13.4. The third kappa shape index (κ3) is 3.63. The summed E-state index contributed by atoms with van der Waals surface area (Å²) in [6, 6.07) is -0.741. The topological polar surface area (TPSA) is 96.5 Å². The summed E-state index contributed by atoms with van der Waals surface area (Å²) >= 11 is 0. The lowest BCUT2D eigenvalue weighted by Gasteiger charge is -2.24. The fourth-order valence-corrected chi connectivity index (χ4v) is 2.04. The molecule has 2 rings (SSSR count). The number of carbonyl (C=O) groups is 2. The number of carbonyl (C=O) groups excluding carboxylic acids is 2. The van der Waals surface area contributed by atoms with E-state index in [1.807, 2.05) is 0 Å². The molecule has 2 heterocycles. The molecule has 0 unspecified atom stereocenters. The highest BCUT2D eigenvalue weighted by Gasteiger charge is 2.31. The van der Waals surface area contributed by atoms with E-state index in [9.17, 15) is 9.59 Å². The van der Waals surface area contributed by atoms with Crippen LogP contribution >= 0.6 is 0 Å². The number of nitrogens with one attached hydrogen (secondary N) is 2. The first-order chi connectivity index (χ1) is 10.2. The Kier molecular flexibility index (Phi) is 4.20. The van der Waals surface area contributed by atoms with Gasteiger partial charge in [-0.25, -0.2) is 14.8 Å². The highest BCUT2D eigenvalue weighted by atomic mass is 16.6. The molecule has 2 amide bonds. The van der Waals surface area contributed by atoms with Crippen LogP contribution in [0.2, 0.25) is 0 Å². The first-order valence-electron chi connectivity index (χ1n) is 7.02. The number of rotatable bonds is 1. The van der Waals surface area contributed by atoms with Gasteiger partial charge in [-0.2, -0.15) is 0 Å². The van der Waals surface area contributed by atoms with Crippen LogP contribution in [0.15, 0.2) is 6.20 Å². The Labute approximate surface area is 129 Å². The Morgan fingerprint density at radius 2 is 2.18 bits per heavy atom. The highest BCUT2D eigenvalue weighted by Crippen LogP contribution is 2.25. The first-order valence-corrected chi connectivity index (χ1v) is 7.02. The van der Waals surface area contributed by atoms with E-state index in [0.717, 1.165) is 0 Å². The van der Waals surface area contributed by atoms with Gasteiger partial charge in [-0.05, 0) is 27.7 Å². The second-order valence-corrected chi connectivity index (χ2v) is 6.13. The van der Waals surface area contributed by atoms with E-state index in [4.69, 9.17) is 4.74 Å². The van der Waals surface area contributed by atoms with E-state index in [1.54, 1.807) is 40.9 Å². The predicted molar refractivity (Wildman–Crippen MR) is 81.8 cm³/mol. The van der Waals surface area contributed by atoms with E-state index < -0.39 is 17.7 Å². The zero-order chi connectivity index (χ0) is 16.5. The maximum Gasteiger partial charge on any atom is 0.408 e. The van der Waals surface area contributed by atoms with Crippen molar-refractivity contribution in [3.05, 3.63) is 12.0 Å². The SMILES string of the molecule is Cc1ncc2c(n1)NC[C@H](NC(=O)OC(C)(C)C)C(=O)N2C. The largest absolute Gasteiger partial charge is 0.444 e. The van der Waals surface area contributed by atoms with Crippen LogP contribution in [-0.4, -0.2) is 47.2 Å². The van der Waals surface area contributed by atoms with Crippen molar-refractivity contribution in [1.29, 1.82) is 0 Å². The minimum atomic E-state index is -0.741. The molecule has 0 saturated carbocycles. The Hall–Kier alpha value is -2.38. The van der Waals surface area contributed by atoms with Gasteiger partial charge in [0.2, 0.25) is 0 Å². The average molecular weight is 307 g/mol. The van der Waals surface area contributed by atoms with Crippen molar-refractivity contribution in [3.8, 4) is 0 Å². The lowest BCUT2D eigenvalue weighted by atomic mass is 10.2. The maximum atomic E-state index is 12.5. The van der Waals surface area contributed by atoms with Gasteiger partial charge < -0.3 is 20.3 Å². The number of likely N-dealkylation sites (N-methyl/N-ethyl adjacent to an activating group) is 1. The number of ether oxygens (including phenoxy) is 1. The number of nitrogens with zero attached hydrogens (tertiary/aromatic N) is 3. The fraction of sp³-hybridized carbons (Fsp3) is 0.571. The molecule has 0 fully saturated rings. The van der Waals surface area contributed by atoms with Crippen LogP contribution in [0.25, 0.3) is 0 Å². The Bertz CT molecular complexity index is 597. The van der Waals surface area contributed by atoms with Crippen LogP contribution in [0.4, 0.5) is 16.3 Å². The molecule has 0 aliphatic carbocycles. The second kappa shape index (κ2) is 5.78. The monoisotopic (exact) mass is 307 g/mol. The van der Waals surface area contributed by atoms with E-state index in [0.29, 0.717) is 17.3 Å². The van der Waals surface area contributed by atoms with Crippen molar-refractivity contribution in [2.75, 3.05) is 23.8 Å². The van der Waals surface area contributed by atoms with Crippen LogP contribution in [0.3, 0.4) is 0 Å². The fourth-order valence-electron chi connectivity index (χ4n) is 2.04. The molecular weight excluding hydrogens is 286 g/mol. The number of amides is 2. The number of hydrogen-bond acceptors (Lipinski definition) is 6. The molecule has 120 valence electrons. The van der Waals surface area contributed by atoms with E-state index in [2.05, 4.69) is 20.6 Å². The van der Waals surface area contributed by atoms with E-state index >= 15 is 0 Å². The van der Waals surface area contributed by atoms with Gasteiger partial charge >= 0.3 is 6.09 Å². The molecule has 0 spiro atoms. The van der Waals surface area contributed by atoms with Gasteiger partial charge in [0.1, 0.15) is 23.2 Å². The van der Waals surface area contributed by atoms with E-state index in [-0.39, 0.29) is 12.5 Å². The summed E-state index contributed by atoms with van der Waals surface area (Å²) in [6.45, 7) is 7.29. The molecule has 2 N–H and O–H groups in total. The molecule has 1 aliphatic rings. The van der Waals surface area contributed by atoms with Gasteiger partial charge in [0.25, 0.3) is 5.91 Å². The average Bonchev–Trinajstić information content (AvgIpc) is 2.49. The van der Waals surface area contributed by atoms with Gasteiger partial charge in [-0.3, -0.25) is 4.79 Å². The molecule has 22 heavy (non-hydrogen) atoms. The van der Waals surface area contributed by atoms with Crippen LogP contribution in [0.1, 0.15) is 26.6 Å². The molecule has 1 aromatic rings. The molecule has 0 bridgehead atoms. The minimum absolute atomic E-state index is 0.228. The summed E-state index contributed by atoms with van der Waals surface area (Å²) in [5, 5.41) is 5.64. The van der Waals surface area contributed by atoms with Crippen molar-refractivity contribution in [2.45, 2.75) is 39.3 Å². The minimum Gasteiger partial charge on any atom is -0.444 e. The van der Waals surface area contributed by atoms with Gasteiger partial charge in [0, 0.05) is 13.6 Å². The highest BCUT2D eigenvalue weighted by molar-refractivity contribution is 6.01. The van der Waals surface area contributed by atoms with Gasteiger partial charge in [-0.1, -0.05) is 0 Å². The molecule has 0 radical (unpaired) electrons. The zero-order valence-electron chi connectivity index (χ0n) is 13.4. The lowest BCUT2D eigenvalue weighted by molar-refractivity contribution is -0.120. The number of fused-ring (bicyclic) bond motifs is 1. The second-order valence-electron chi connectivity index (χ2n) is 6.13. The summed E-state index contributed by atoms with van der Waals surface area (Å²) in [5.74, 6) is 0.909. The Balaban J connectivity index is 2.14. The van der Waals surface area contributed by atoms with Crippen molar-refractivity contribution >= 4 is 23.5 Å². The normalized spacial score (nSPS) is 18.1. The third-order valence-electron chi connectivity index (χ3n) is 3.04. The smallest absolute Gasteiger partial charge is 0.408 e.